The molecule has 0 bridgehead atoms. The van der Waals surface area contributed by atoms with Gasteiger partial charge in [-0.05, 0) is 6.07 Å². The highest BCUT2D eigenvalue weighted by molar-refractivity contribution is 6.31. The van der Waals surface area contributed by atoms with E-state index in [0.29, 0.717) is 0 Å². The van der Waals surface area contributed by atoms with Crippen LogP contribution >= 0.6 is 11.6 Å². The first-order valence-corrected chi connectivity index (χ1v) is 5.40. The number of nitrogen functional groups attached to an aromatic ring is 1. The van der Waals surface area contributed by atoms with Gasteiger partial charge in [-0.2, -0.15) is 4.98 Å². The smallest absolute Gasteiger partial charge is 0.311 e. The molecular formula is C10H8ClN5O3. The van der Waals surface area contributed by atoms with E-state index in [2.05, 4.69) is 15.4 Å². The molecule has 0 spiro atoms. The van der Waals surface area contributed by atoms with Crippen LogP contribution in [0.2, 0.25) is 5.02 Å². The molecule has 0 radical (unpaired) electrons. The third-order valence-corrected chi connectivity index (χ3v) is 2.37. The molecule has 0 aliphatic carbocycles. The molecule has 0 aliphatic heterocycles. The molecule has 0 aliphatic rings. The highest BCUT2D eigenvalue weighted by Gasteiger charge is 2.17. The Morgan fingerprint density at radius 3 is 2.84 bits per heavy atom. The van der Waals surface area contributed by atoms with E-state index in [1.807, 2.05) is 0 Å². The SMILES string of the molecule is NNc1ncc(Cl)c(Oc2ccccc2[N+](=O)[O-])n1. The third kappa shape index (κ3) is 2.87. The number of anilines is 1. The molecule has 1 aromatic carbocycles. The number of nitro benzene ring substituents is 1. The number of hydrogen-bond acceptors (Lipinski definition) is 7. The number of para-hydroxylation sites is 2. The van der Waals surface area contributed by atoms with Crippen LogP contribution in [0.25, 0.3) is 0 Å². The molecule has 1 aromatic heterocycles. The lowest BCUT2D eigenvalue weighted by Crippen LogP contribution is -2.10. The topological polar surface area (TPSA) is 116 Å². The monoisotopic (exact) mass is 281 g/mol. The van der Waals surface area contributed by atoms with Crippen molar-refractivity contribution in [3.8, 4) is 11.6 Å². The van der Waals surface area contributed by atoms with Crippen molar-refractivity contribution in [3.05, 3.63) is 45.6 Å². The first-order valence-electron chi connectivity index (χ1n) is 5.02. The normalized spacial score (nSPS) is 10.0. The van der Waals surface area contributed by atoms with E-state index in [-0.39, 0.29) is 28.3 Å². The molecule has 0 amide bonds. The van der Waals surface area contributed by atoms with Gasteiger partial charge in [-0.3, -0.25) is 15.5 Å². The average Bonchev–Trinajstić information content (AvgIpc) is 2.41. The van der Waals surface area contributed by atoms with E-state index < -0.39 is 4.92 Å². The molecule has 2 aromatic rings. The first kappa shape index (κ1) is 13.0. The van der Waals surface area contributed by atoms with Crippen molar-refractivity contribution >= 4 is 23.2 Å². The number of nitrogens with one attached hydrogen (secondary N) is 1. The van der Waals surface area contributed by atoms with Crippen molar-refractivity contribution in [3.63, 3.8) is 0 Å². The van der Waals surface area contributed by atoms with Crippen LogP contribution in [0.3, 0.4) is 0 Å². The third-order valence-electron chi connectivity index (χ3n) is 2.11. The van der Waals surface area contributed by atoms with Gasteiger partial charge in [-0.1, -0.05) is 23.7 Å². The second-order valence-corrected chi connectivity index (χ2v) is 3.73. The summed E-state index contributed by atoms with van der Waals surface area (Å²) in [6, 6.07) is 5.87. The van der Waals surface area contributed by atoms with E-state index in [0.717, 1.165) is 0 Å². The maximum Gasteiger partial charge on any atom is 0.311 e. The van der Waals surface area contributed by atoms with E-state index in [4.69, 9.17) is 22.2 Å². The van der Waals surface area contributed by atoms with Crippen molar-refractivity contribution in [2.75, 3.05) is 5.43 Å². The number of hydrazine groups is 1. The number of nitro groups is 1. The number of aromatic nitrogens is 2. The van der Waals surface area contributed by atoms with Crippen LogP contribution in [0, 0.1) is 10.1 Å². The molecule has 19 heavy (non-hydrogen) atoms. The van der Waals surface area contributed by atoms with Crippen molar-refractivity contribution in [2.24, 2.45) is 5.84 Å². The van der Waals surface area contributed by atoms with Gasteiger partial charge in [0.2, 0.25) is 17.6 Å². The second-order valence-electron chi connectivity index (χ2n) is 3.32. The maximum absolute atomic E-state index is 10.8. The molecule has 8 nitrogen and oxygen atoms in total. The van der Waals surface area contributed by atoms with E-state index in [1.54, 1.807) is 6.07 Å². The van der Waals surface area contributed by atoms with E-state index in [9.17, 15) is 10.1 Å². The van der Waals surface area contributed by atoms with Gasteiger partial charge in [0.1, 0.15) is 5.02 Å². The van der Waals surface area contributed by atoms with Crippen LogP contribution in [0.15, 0.2) is 30.5 Å². The van der Waals surface area contributed by atoms with Gasteiger partial charge in [0, 0.05) is 6.07 Å². The Labute approximate surface area is 112 Å². The lowest BCUT2D eigenvalue weighted by atomic mass is 10.3. The van der Waals surface area contributed by atoms with Crippen LogP contribution < -0.4 is 16.0 Å². The minimum Gasteiger partial charge on any atom is -0.430 e. The number of nitrogens with zero attached hydrogens (tertiary/aromatic N) is 3. The fraction of sp³-hybridized carbons (Fsp3) is 0. The summed E-state index contributed by atoms with van der Waals surface area (Å²) in [6.45, 7) is 0. The second kappa shape index (κ2) is 5.46. The Bertz CT molecular complexity index is 622. The molecular weight excluding hydrogens is 274 g/mol. The van der Waals surface area contributed by atoms with Gasteiger partial charge in [-0.25, -0.2) is 10.8 Å². The highest BCUT2D eigenvalue weighted by Crippen LogP contribution is 2.33. The van der Waals surface area contributed by atoms with Gasteiger partial charge < -0.3 is 4.74 Å². The molecule has 1 heterocycles. The standard InChI is InChI=1S/C10H8ClN5O3/c11-6-5-13-10(15-12)14-9(6)19-8-4-2-1-3-7(8)16(17)18/h1-5H,12H2,(H,13,14,15). The molecule has 9 heteroatoms. The van der Waals surface area contributed by atoms with Crippen LogP contribution in [0.5, 0.6) is 11.6 Å². The molecule has 0 unspecified atom stereocenters. The number of nitrogens with two attached hydrogens (primary N) is 1. The molecule has 0 saturated heterocycles. The summed E-state index contributed by atoms with van der Waals surface area (Å²) in [4.78, 5) is 17.9. The fourth-order valence-electron chi connectivity index (χ4n) is 1.29. The summed E-state index contributed by atoms with van der Waals surface area (Å²) in [5.74, 6) is 5.24. The Balaban J connectivity index is 2.38. The van der Waals surface area contributed by atoms with Crippen LogP contribution in [0.4, 0.5) is 11.6 Å². The predicted molar refractivity (Wildman–Crippen MR) is 68.0 cm³/mol. The first-order chi connectivity index (χ1) is 9.11. The van der Waals surface area contributed by atoms with Gasteiger partial charge in [0.05, 0.1) is 11.1 Å². The Hall–Kier alpha value is -2.45. The van der Waals surface area contributed by atoms with Crippen LogP contribution in [-0.4, -0.2) is 14.9 Å². The van der Waals surface area contributed by atoms with Gasteiger partial charge in [0.25, 0.3) is 0 Å². The van der Waals surface area contributed by atoms with Crippen molar-refractivity contribution in [2.45, 2.75) is 0 Å². The summed E-state index contributed by atoms with van der Waals surface area (Å²) in [5.41, 5.74) is 2.03. The number of benzene rings is 1. The van der Waals surface area contributed by atoms with E-state index >= 15 is 0 Å². The summed E-state index contributed by atoms with van der Waals surface area (Å²) in [5, 5.41) is 11.0. The Kier molecular flexibility index (Phi) is 3.74. The quantitative estimate of drug-likeness (QED) is 0.501. The molecule has 0 atom stereocenters. The van der Waals surface area contributed by atoms with Crippen molar-refractivity contribution in [1.29, 1.82) is 0 Å². The van der Waals surface area contributed by atoms with Gasteiger partial charge >= 0.3 is 5.69 Å². The number of hydrogen-bond donors (Lipinski definition) is 2. The molecule has 3 N–H and O–H groups in total. The minimum atomic E-state index is -0.563. The number of ether oxygens (including phenoxy) is 1. The minimum absolute atomic E-state index is 0.0241. The predicted octanol–water partition coefficient (Wildman–Crippen LogP) is 2.12. The lowest BCUT2D eigenvalue weighted by Gasteiger charge is -2.07. The number of halogens is 1. The van der Waals surface area contributed by atoms with Crippen molar-refractivity contribution < 1.29 is 9.66 Å². The Morgan fingerprint density at radius 2 is 2.16 bits per heavy atom. The summed E-state index contributed by atoms with van der Waals surface area (Å²) < 4.78 is 5.32. The molecule has 2 rings (SSSR count). The zero-order valence-corrected chi connectivity index (χ0v) is 10.2. The summed E-state index contributed by atoms with van der Waals surface area (Å²) >= 11 is 5.85. The van der Waals surface area contributed by atoms with Gasteiger partial charge in [-0.15, -0.1) is 0 Å². The molecule has 98 valence electrons. The number of rotatable bonds is 4. The lowest BCUT2D eigenvalue weighted by molar-refractivity contribution is -0.385. The van der Waals surface area contributed by atoms with Crippen LogP contribution in [-0.2, 0) is 0 Å². The summed E-state index contributed by atoms with van der Waals surface area (Å²) in [6.07, 6.45) is 1.27. The largest absolute Gasteiger partial charge is 0.430 e. The Morgan fingerprint density at radius 1 is 1.42 bits per heavy atom. The zero-order valence-electron chi connectivity index (χ0n) is 9.41. The van der Waals surface area contributed by atoms with E-state index in [1.165, 1.54) is 24.4 Å². The van der Waals surface area contributed by atoms with Gasteiger partial charge in [0.15, 0.2) is 0 Å². The highest BCUT2D eigenvalue weighted by atomic mass is 35.5. The average molecular weight is 282 g/mol. The summed E-state index contributed by atoms with van der Waals surface area (Å²) in [7, 11) is 0. The zero-order chi connectivity index (χ0) is 13.8. The molecule has 0 saturated carbocycles. The fourth-order valence-corrected chi connectivity index (χ4v) is 1.42. The van der Waals surface area contributed by atoms with Crippen LogP contribution in [0.1, 0.15) is 0 Å². The maximum atomic E-state index is 10.8. The van der Waals surface area contributed by atoms with Crippen molar-refractivity contribution in [1.82, 2.24) is 9.97 Å². The molecule has 0 fully saturated rings.